The van der Waals surface area contributed by atoms with Gasteiger partial charge in [0.1, 0.15) is 12.4 Å². The maximum atomic E-state index is 12.6. The van der Waals surface area contributed by atoms with Crippen molar-refractivity contribution in [2.45, 2.75) is 20.4 Å². The molecule has 0 atom stereocenters. The van der Waals surface area contributed by atoms with E-state index in [0.29, 0.717) is 27.4 Å². The molecule has 1 aromatic heterocycles. The van der Waals surface area contributed by atoms with E-state index in [1.807, 2.05) is 19.1 Å². The summed E-state index contributed by atoms with van der Waals surface area (Å²) in [7, 11) is 0. The quantitative estimate of drug-likeness (QED) is 0.795. The standard InChI is InChI=1S/C18H16ClN3O2/c1-11-7-8-16(14(19)9-11)21-17(23)10-22-12(2)20-15-6-4-3-5-13(15)18(22)24/h3-9H,10H2,1-2H3,(H,21,23). The van der Waals surface area contributed by atoms with Gasteiger partial charge in [-0.05, 0) is 43.7 Å². The van der Waals surface area contributed by atoms with Crippen molar-refractivity contribution in [3.8, 4) is 0 Å². The summed E-state index contributed by atoms with van der Waals surface area (Å²) in [6.45, 7) is 3.51. The SMILES string of the molecule is Cc1ccc(NC(=O)Cn2c(C)nc3ccccc3c2=O)c(Cl)c1. The Bertz CT molecular complexity index is 995. The van der Waals surface area contributed by atoms with Gasteiger partial charge in [0, 0.05) is 0 Å². The molecule has 24 heavy (non-hydrogen) atoms. The summed E-state index contributed by atoms with van der Waals surface area (Å²) >= 11 is 6.12. The van der Waals surface area contributed by atoms with Crippen molar-refractivity contribution in [1.29, 1.82) is 0 Å². The Balaban J connectivity index is 1.89. The molecule has 0 aliphatic heterocycles. The summed E-state index contributed by atoms with van der Waals surface area (Å²) in [5.74, 6) is 0.159. The largest absolute Gasteiger partial charge is 0.323 e. The number of amides is 1. The molecule has 1 amide bonds. The van der Waals surface area contributed by atoms with Gasteiger partial charge in [0.15, 0.2) is 0 Å². The lowest BCUT2D eigenvalue weighted by atomic mass is 10.2. The molecule has 1 N–H and O–H groups in total. The molecule has 0 fully saturated rings. The lowest BCUT2D eigenvalue weighted by molar-refractivity contribution is -0.116. The highest BCUT2D eigenvalue weighted by Crippen LogP contribution is 2.22. The number of aryl methyl sites for hydroxylation is 2. The molecule has 2 aromatic carbocycles. The molecule has 1 heterocycles. The van der Waals surface area contributed by atoms with Crippen molar-refractivity contribution in [3.63, 3.8) is 0 Å². The van der Waals surface area contributed by atoms with Crippen molar-refractivity contribution < 1.29 is 4.79 Å². The third-order valence-corrected chi connectivity index (χ3v) is 4.07. The number of halogens is 1. The summed E-state index contributed by atoms with van der Waals surface area (Å²) in [4.78, 5) is 29.3. The Kier molecular flexibility index (Phi) is 4.36. The first-order valence-electron chi connectivity index (χ1n) is 7.48. The zero-order valence-corrected chi connectivity index (χ0v) is 14.1. The Morgan fingerprint density at radius 2 is 1.96 bits per heavy atom. The lowest BCUT2D eigenvalue weighted by Crippen LogP contribution is -2.30. The average molecular weight is 342 g/mol. The highest BCUT2D eigenvalue weighted by molar-refractivity contribution is 6.33. The number of hydrogen-bond acceptors (Lipinski definition) is 3. The van der Waals surface area contributed by atoms with Gasteiger partial charge in [-0.3, -0.25) is 14.2 Å². The molecule has 0 saturated heterocycles. The second-order valence-electron chi connectivity index (χ2n) is 5.60. The van der Waals surface area contributed by atoms with Crippen LogP contribution in [0.5, 0.6) is 0 Å². The maximum Gasteiger partial charge on any atom is 0.261 e. The van der Waals surface area contributed by atoms with Gasteiger partial charge in [-0.2, -0.15) is 0 Å². The number of nitrogens with one attached hydrogen (secondary N) is 1. The van der Waals surface area contributed by atoms with Gasteiger partial charge in [0.25, 0.3) is 5.56 Å². The molecule has 3 rings (SSSR count). The highest BCUT2D eigenvalue weighted by Gasteiger charge is 2.12. The minimum atomic E-state index is -0.331. The zero-order valence-electron chi connectivity index (χ0n) is 13.3. The molecule has 3 aromatic rings. The van der Waals surface area contributed by atoms with Gasteiger partial charge in [-0.15, -0.1) is 0 Å². The number of aromatic nitrogens is 2. The van der Waals surface area contributed by atoms with Crippen LogP contribution in [0.4, 0.5) is 5.69 Å². The van der Waals surface area contributed by atoms with E-state index in [0.717, 1.165) is 5.56 Å². The van der Waals surface area contributed by atoms with Crippen LogP contribution in [-0.2, 0) is 11.3 Å². The fourth-order valence-electron chi connectivity index (χ4n) is 2.52. The predicted octanol–water partition coefficient (Wildman–Crippen LogP) is 3.31. The second-order valence-corrected chi connectivity index (χ2v) is 6.01. The van der Waals surface area contributed by atoms with Crippen molar-refractivity contribution in [2.24, 2.45) is 0 Å². The van der Waals surface area contributed by atoms with Gasteiger partial charge in [0.05, 0.1) is 21.6 Å². The summed E-state index contributed by atoms with van der Waals surface area (Å²) in [5, 5.41) is 3.68. The Morgan fingerprint density at radius 3 is 2.71 bits per heavy atom. The Hall–Kier alpha value is -2.66. The fourth-order valence-corrected chi connectivity index (χ4v) is 2.80. The predicted molar refractivity (Wildman–Crippen MR) is 95.6 cm³/mol. The van der Waals surface area contributed by atoms with Gasteiger partial charge in [-0.1, -0.05) is 29.8 Å². The first-order valence-corrected chi connectivity index (χ1v) is 7.85. The molecule has 0 aliphatic rings. The first-order chi connectivity index (χ1) is 11.5. The number of nitrogens with zero attached hydrogens (tertiary/aromatic N) is 2. The molecule has 5 nitrogen and oxygen atoms in total. The van der Waals surface area contributed by atoms with Gasteiger partial charge >= 0.3 is 0 Å². The van der Waals surface area contributed by atoms with E-state index in [2.05, 4.69) is 10.3 Å². The van der Waals surface area contributed by atoms with E-state index in [-0.39, 0.29) is 18.0 Å². The molecular formula is C18H16ClN3O2. The van der Waals surface area contributed by atoms with Crippen LogP contribution in [0.3, 0.4) is 0 Å². The number of anilines is 1. The normalized spacial score (nSPS) is 10.8. The third-order valence-electron chi connectivity index (χ3n) is 3.75. The van der Waals surface area contributed by atoms with E-state index in [1.165, 1.54) is 4.57 Å². The number of hydrogen-bond donors (Lipinski definition) is 1. The number of carbonyl (C=O) groups excluding carboxylic acids is 1. The van der Waals surface area contributed by atoms with Crippen LogP contribution >= 0.6 is 11.6 Å². The lowest BCUT2D eigenvalue weighted by Gasteiger charge is -2.12. The van der Waals surface area contributed by atoms with Gasteiger partial charge in [-0.25, -0.2) is 4.98 Å². The molecule has 0 unspecified atom stereocenters. The third kappa shape index (κ3) is 3.16. The van der Waals surface area contributed by atoms with Crippen LogP contribution in [0.2, 0.25) is 5.02 Å². The fraction of sp³-hybridized carbons (Fsp3) is 0.167. The molecular weight excluding hydrogens is 326 g/mol. The molecule has 122 valence electrons. The summed E-state index contributed by atoms with van der Waals surface area (Å²) in [6.07, 6.45) is 0. The zero-order chi connectivity index (χ0) is 17.3. The van der Waals surface area contributed by atoms with Crippen molar-refractivity contribution in [1.82, 2.24) is 9.55 Å². The monoisotopic (exact) mass is 341 g/mol. The number of benzene rings is 2. The van der Waals surface area contributed by atoms with Gasteiger partial charge < -0.3 is 5.32 Å². The van der Waals surface area contributed by atoms with Crippen LogP contribution < -0.4 is 10.9 Å². The molecule has 6 heteroatoms. The summed E-state index contributed by atoms with van der Waals surface area (Å²) < 4.78 is 1.36. The minimum Gasteiger partial charge on any atom is -0.323 e. The highest BCUT2D eigenvalue weighted by atomic mass is 35.5. The molecule has 0 aliphatic carbocycles. The van der Waals surface area contributed by atoms with Crippen LogP contribution in [-0.4, -0.2) is 15.5 Å². The minimum absolute atomic E-state index is 0.118. The van der Waals surface area contributed by atoms with E-state index >= 15 is 0 Å². The van der Waals surface area contributed by atoms with E-state index < -0.39 is 0 Å². The summed E-state index contributed by atoms with van der Waals surface area (Å²) in [6, 6.07) is 12.4. The molecule has 0 spiro atoms. The Morgan fingerprint density at radius 1 is 1.21 bits per heavy atom. The van der Waals surface area contributed by atoms with Crippen LogP contribution in [0, 0.1) is 13.8 Å². The molecule has 0 radical (unpaired) electrons. The van der Waals surface area contributed by atoms with Gasteiger partial charge in [0.2, 0.25) is 5.91 Å². The second kappa shape index (κ2) is 6.45. The number of fused-ring (bicyclic) bond motifs is 1. The topological polar surface area (TPSA) is 64.0 Å². The summed E-state index contributed by atoms with van der Waals surface area (Å²) in [5.41, 5.74) is 1.91. The van der Waals surface area contributed by atoms with E-state index in [9.17, 15) is 9.59 Å². The van der Waals surface area contributed by atoms with Crippen molar-refractivity contribution >= 4 is 34.1 Å². The number of rotatable bonds is 3. The van der Waals surface area contributed by atoms with E-state index in [1.54, 1.807) is 37.3 Å². The maximum absolute atomic E-state index is 12.6. The van der Waals surface area contributed by atoms with Crippen LogP contribution in [0.1, 0.15) is 11.4 Å². The number of carbonyl (C=O) groups is 1. The van der Waals surface area contributed by atoms with Crippen molar-refractivity contribution in [3.05, 3.63) is 69.2 Å². The average Bonchev–Trinajstić information content (AvgIpc) is 2.54. The molecule has 0 saturated carbocycles. The van der Waals surface area contributed by atoms with Crippen molar-refractivity contribution in [2.75, 3.05) is 5.32 Å². The van der Waals surface area contributed by atoms with E-state index in [4.69, 9.17) is 11.6 Å². The number of para-hydroxylation sites is 1. The van der Waals surface area contributed by atoms with Crippen LogP contribution in [0.15, 0.2) is 47.3 Å². The molecule has 0 bridgehead atoms. The smallest absolute Gasteiger partial charge is 0.261 e. The Labute approximate surface area is 143 Å². The first kappa shape index (κ1) is 16.2. The van der Waals surface area contributed by atoms with Crippen LogP contribution in [0.25, 0.3) is 10.9 Å².